The van der Waals surface area contributed by atoms with E-state index >= 15 is 0 Å². The van der Waals surface area contributed by atoms with Gasteiger partial charge in [-0.3, -0.25) is 14.4 Å². The van der Waals surface area contributed by atoms with E-state index in [4.69, 9.17) is 0 Å². The Hall–Kier alpha value is -3.71. The van der Waals surface area contributed by atoms with Crippen molar-refractivity contribution < 1.29 is 14.7 Å². The predicted molar refractivity (Wildman–Crippen MR) is 154 cm³/mol. The standard InChI is InChI=1S/C32H39N3O4/c1-23(2)33(4)31(38)28-21-35(30(37)20-27(28)26-13-10-24(3)11-14-26)22-32(39)16-18-34(19-17-32)29(36)15-12-25-8-6-5-7-9-25/h5-11,13-14,20-21,23,39H,12,15-19,22H2,1-4H3. The molecule has 206 valence electrons. The van der Waals surface area contributed by atoms with E-state index in [-0.39, 0.29) is 30.0 Å². The minimum atomic E-state index is -1.14. The predicted octanol–water partition coefficient (Wildman–Crippen LogP) is 4.29. The average Bonchev–Trinajstić information content (AvgIpc) is 2.93. The second-order valence-corrected chi connectivity index (χ2v) is 11.0. The molecular formula is C32H39N3O4. The van der Waals surface area contributed by atoms with E-state index < -0.39 is 5.60 Å². The fourth-order valence-electron chi connectivity index (χ4n) is 4.97. The highest BCUT2D eigenvalue weighted by molar-refractivity contribution is 6.00. The molecule has 0 unspecified atom stereocenters. The first-order valence-corrected chi connectivity index (χ1v) is 13.7. The third kappa shape index (κ3) is 6.84. The van der Waals surface area contributed by atoms with Crippen molar-refractivity contribution in [3.8, 4) is 11.1 Å². The maximum atomic E-state index is 13.5. The summed E-state index contributed by atoms with van der Waals surface area (Å²) in [7, 11) is 1.75. The Labute approximate surface area is 230 Å². The maximum absolute atomic E-state index is 13.5. The van der Waals surface area contributed by atoms with Gasteiger partial charge in [0, 0.05) is 50.4 Å². The molecule has 1 fully saturated rings. The molecule has 0 aliphatic carbocycles. The number of rotatable bonds is 8. The molecule has 0 saturated carbocycles. The Bertz CT molecular complexity index is 1350. The smallest absolute Gasteiger partial charge is 0.255 e. The van der Waals surface area contributed by atoms with Crippen LogP contribution in [0, 0.1) is 6.92 Å². The van der Waals surface area contributed by atoms with Crippen molar-refractivity contribution in [2.45, 2.75) is 64.6 Å². The number of carbonyl (C=O) groups is 2. The van der Waals surface area contributed by atoms with E-state index in [1.165, 1.54) is 10.6 Å². The molecule has 4 rings (SSSR count). The fraction of sp³-hybridized carbons (Fsp3) is 0.406. The lowest BCUT2D eigenvalue weighted by molar-refractivity contribution is -0.135. The Morgan fingerprint density at radius 1 is 1.03 bits per heavy atom. The lowest BCUT2D eigenvalue weighted by atomic mass is 9.90. The minimum Gasteiger partial charge on any atom is -0.388 e. The molecule has 1 aliphatic heterocycles. The third-order valence-corrected chi connectivity index (χ3v) is 7.80. The molecule has 0 atom stereocenters. The zero-order chi connectivity index (χ0) is 28.2. The number of pyridine rings is 1. The molecule has 7 heteroatoms. The zero-order valence-corrected chi connectivity index (χ0v) is 23.4. The molecule has 0 spiro atoms. The number of hydrogen-bond acceptors (Lipinski definition) is 4. The molecule has 1 N–H and O–H groups in total. The highest BCUT2D eigenvalue weighted by atomic mass is 16.3. The Kier molecular flexibility index (Phi) is 8.70. The van der Waals surface area contributed by atoms with Gasteiger partial charge >= 0.3 is 0 Å². The van der Waals surface area contributed by atoms with Gasteiger partial charge in [-0.1, -0.05) is 60.2 Å². The zero-order valence-electron chi connectivity index (χ0n) is 23.4. The van der Waals surface area contributed by atoms with E-state index in [2.05, 4.69) is 0 Å². The number of benzene rings is 2. The monoisotopic (exact) mass is 529 g/mol. The number of likely N-dealkylation sites (tertiary alicyclic amines) is 1. The summed E-state index contributed by atoms with van der Waals surface area (Å²) in [5, 5.41) is 11.4. The number of nitrogens with zero attached hydrogens (tertiary/aromatic N) is 3. The average molecular weight is 530 g/mol. The van der Waals surface area contributed by atoms with Crippen LogP contribution in [0.5, 0.6) is 0 Å². The number of hydrogen-bond donors (Lipinski definition) is 1. The van der Waals surface area contributed by atoms with E-state index in [1.807, 2.05) is 75.4 Å². The quantitative estimate of drug-likeness (QED) is 0.472. The molecule has 7 nitrogen and oxygen atoms in total. The van der Waals surface area contributed by atoms with Gasteiger partial charge in [0.15, 0.2) is 0 Å². The Morgan fingerprint density at radius 3 is 2.28 bits per heavy atom. The number of piperidine rings is 1. The van der Waals surface area contributed by atoms with Crippen molar-refractivity contribution in [3.05, 3.63) is 93.9 Å². The first kappa shape index (κ1) is 28.3. The number of aliphatic hydroxyl groups is 1. The molecule has 39 heavy (non-hydrogen) atoms. The maximum Gasteiger partial charge on any atom is 0.255 e. The first-order chi connectivity index (χ1) is 18.6. The van der Waals surface area contributed by atoms with Gasteiger partial charge in [0.25, 0.3) is 11.5 Å². The van der Waals surface area contributed by atoms with Crippen molar-refractivity contribution in [1.29, 1.82) is 0 Å². The van der Waals surface area contributed by atoms with Gasteiger partial charge in [-0.05, 0) is 51.2 Å². The number of amides is 2. The second-order valence-electron chi connectivity index (χ2n) is 11.0. The largest absolute Gasteiger partial charge is 0.388 e. The van der Waals surface area contributed by atoms with E-state index in [0.29, 0.717) is 49.9 Å². The van der Waals surface area contributed by atoms with Crippen LogP contribution in [-0.2, 0) is 17.8 Å². The fourth-order valence-corrected chi connectivity index (χ4v) is 4.97. The summed E-state index contributed by atoms with van der Waals surface area (Å²) in [6, 6.07) is 19.2. The molecule has 3 aromatic rings. The topological polar surface area (TPSA) is 82.9 Å². The normalized spacial score (nSPS) is 14.9. The van der Waals surface area contributed by atoms with Gasteiger partial charge in [-0.25, -0.2) is 0 Å². The first-order valence-electron chi connectivity index (χ1n) is 13.7. The second kappa shape index (κ2) is 12.0. The third-order valence-electron chi connectivity index (χ3n) is 7.80. The van der Waals surface area contributed by atoms with Crippen LogP contribution in [0.1, 0.15) is 54.6 Å². The number of aromatic nitrogens is 1. The summed E-state index contributed by atoms with van der Waals surface area (Å²) in [6.45, 7) is 6.81. The summed E-state index contributed by atoms with van der Waals surface area (Å²) in [5.41, 5.74) is 2.60. The summed E-state index contributed by atoms with van der Waals surface area (Å²) >= 11 is 0. The summed E-state index contributed by atoms with van der Waals surface area (Å²) in [6.07, 6.45) is 3.44. The molecule has 2 aromatic carbocycles. The number of aryl methyl sites for hydroxylation is 2. The van der Waals surface area contributed by atoms with Gasteiger partial charge in [0.2, 0.25) is 5.91 Å². The van der Waals surface area contributed by atoms with Crippen LogP contribution < -0.4 is 5.56 Å². The van der Waals surface area contributed by atoms with Crippen molar-refractivity contribution in [1.82, 2.24) is 14.4 Å². The van der Waals surface area contributed by atoms with Gasteiger partial charge in [-0.2, -0.15) is 0 Å². The van der Waals surface area contributed by atoms with Gasteiger partial charge < -0.3 is 19.5 Å². The van der Waals surface area contributed by atoms with E-state index in [0.717, 1.165) is 16.7 Å². The molecular weight excluding hydrogens is 490 g/mol. The molecule has 0 radical (unpaired) electrons. The van der Waals surface area contributed by atoms with Crippen LogP contribution in [0.4, 0.5) is 0 Å². The van der Waals surface area contributed by atoms with E-state index in [9.17, 15) is 19.5 Å². The summed E-state index contributed by atoms with van der Waals surface area (Å²) in [5.74, 6) is -0.106. The molecule has 2 heterocycles. The van der Waals surface area contributed by atoms with Crippen LogP contribution in [-0.4, -0.2) is 63.1 Å². The van der Waals surface area contributed by atoms with Crippen LogP contribution >= 0.6 is 0 Å². The Morgan fingerprint density at radius 2 is 1.67 bits per heavy atom. The van der Waals surface area contributed by atoms with Crippen LogP contribution in [0.25, 0.3) is 11.1 Å². The van der Waals surface area contributed by atoms with Crippen molar-refractivity contribution in [3.63, 3.8) is 0 Å². The van der Waals surface area contributed by atoms with Gasteiger partial charge in [0.1, 0.15) is 0 Å². The lowest BCUT2D eigenvalue weighted by Gasteiger charge is -2.38. The minimum absolute atomic E-state index is 0.0170. The summed E-state index contributed by atoms with van der Waals surface area (Å²) < 4.78 is 1.45. The van der Waals surface area contributed by atoms with Crippen molar-refractivity contribution >= 4 is 11.8 Å². The van der Waals surface area contributed by atoms with E-state index in [1.54, 1.807) is 23.0 Å². The lowest BCUT2D eigenvalue weighted by Crippen LogP contribution is -2.49. The highest BCUT2D eigenvalue weighted by Crippen LogP contribution is 2.27. The molecule has 1 aromatic heterocycles. The SMILES string of the molecule is Cc1ccc(-c2cc(=O)n(CC3(O)CCN(C(=O)CCc4ccccc4)CC3)cc2C(=O)N(C)C(C)C)cc1. The Balaban J connectivity index is 1.51. The van der Waals surface area contributed by atoms with Crippen LogP contribution in [0.3, 0.4) is 0 Å². The van der Waals surface area contributed by atoms with Crippen molar-refractivity contribution in [2.75, 3.05) is 20.1 Å². The van der Waals surface area contributed by atoms with Gasteiger partial charge in [-0.15, -0.1) is 0 Å². The molecule has 0 bridgehead atoms. The van der Waals surface area contributed by atoms with Crippen LogP contribution in [0.15, 0.2) is 71.7 Å². The highest BCUT2D eigenvalue weighted by Gasteiger charge is 2.35. The molecule has 2 amide bonds. The van der Waals surface area contributed by atoms with Crippen LogP contribution in [0.2, 0.25) is 0 Å². The van der Waals surface area contributed by atoms with Gasteiger partial charge in [0.05, 0.1) is 17.7 Å². The molecule has 1 saturated heterocycles. The summed E-state index contributed by atoms with van der Waals surface area (Å²) in [4.78, 5) is 42.9. The van der Waals surface area contributed by atoms with Crippen molar-refractivity contribution in [2.24, 2.45) is 0 Å². The molecule has 1 aliphatic rings. The number of carbonyl (C=O) groups excluding carboxylic acids is 2.